The molecule has 1 heterocycles. The highest BCUT2D eigenvalue weighted by Gasteiger charge is 2.12. The van der Waals surface area contributed by atoms with Crippen molar-refractivity contribution in [1.29, 1.82) is 0 Å². The van der Waals surface area contributed by atoms with Crippen molar-refractivity contribution in [1.82, 2.24) is 4.98 Å². The summed E-state index contributed by atoms with van der Waals surface area (Å²) >= 11 is 10.5. The summed E-state index contributed by atoms with van der Waals surface area (Å²) in [6.07, 6.45) is 0. The molecule has 1 aromatic carbocycles. The van der Waals surface area contributed by atoms with E-state index in [0.29, 0.717) is 10.2 Å². The topological polar surface area (TPSA) is 42.4 Å². The molecule has 3 nitrogen and oxygen atoms in total. The number of thiazole rings is 1. The molecule has 0 fully saturated rings. The van der Waals surface area contributed by atoms with Crippen LogP contribution in [0.5, 0.6) is 5.75 Å². The van der Waals surface area contributed by atoms with Crippen LogP contribution in [0.3, 0.4) is 0 Å². The fourth-order valence-electron chi connectivity index (χ4n) is 1.47. The van der Waals surface area contributed by atoms with Crippen molar-refractivity contribution in [3.05, 3.63) is 32.0 Å². The highest BCUT2D eigenvalue weighted by atomic mass is 79.9. The quantitative estimate of drug-likeness (QED) is 0.930. The summed E-state index contributed by atoms with van der Waals surface area (Å²) in [4.78, 5) is 4.97. The highest BCUT2D eigenvalue weighted by molar-refractivity contribution is 9.10. The molecule has 2 rings (SSSR count). The average Bonchev–Trinajstić information content (AvgIpc) is 2.70. The maximum absolute atomic E-state index is 9.24. The maximum Gasteiger partial charge on any atom is 0.184 e. The van der Waals surface area contributed by atoms with Crippen LogP contribution in [0.15, 0.2) is 22.7 Å². The van der Waals surface area contributed by atoms with E-state index in [2.05, 4.69) is 20.9 Å². The predicted molar refractivity (Wildman–Crippen MR) is 72.7 cm³/mol. The van der Waals surface area contributed by atoms with Gasteiger partial charge in [-0.2, -0.15) is 0 Å². The molecule has 0 amide bonds. The predicted octanol–water partition coefficient (Wildman–Crippen LogP) is 3.73. The minimum absolute atomic E-state index is 0.0661. The molecule has 0 atom stereocenters. The Balaban J connectivity index is 2.49. The van der Waals surface area contributed by atoms with E-state index in [4.69, 9.17) is 16.3 Å². The van der Waals surface area contributed by atoms with Gasteiger partial charge < -0.3 is 9.84 Å². The molecule has 0 saturated heterocycles. The van der Waals surface area contributed by atoms with Gasteiger partial charge in [0.25, 0.3) is 0 Å². The number of hydrogen-bond acceptors (Lipinski definition) is 4. The van der Waals surface area contributed by atoms with Gasteiger partial charge in [-0.3, -0.25) is 0 Å². The van der Waals surface area contributed by atoms with Gasteiger partial charge in [0.05, 0.1) is 28.8 Å². The van der Waals surface area contributed by atoms with E-state index in [-0.39, 0.29) is 6.61 Å². The lowest BCUT2D eigenvalue weighted by Crippen LogP contribution is -1.88. The zero-order valence-corrected chi connectivity index (χ0v) is 12.1. The lowest BCUT2D eigenvalue weighted by atomic mass is 10.1. The van der Waals surface area contributed by atoms with Crippen LogP contribution >= 0.6 is 38.9 Å². The van der Waals surface area contributed by atoms with Gasteiger partial charge in [0.15, 0.2) is 4.47 Å². The van der Waals surface area contributed by atoms with Crippen LogP contribution in [0.2, 0.25) is 4.47 Å². The molecule has 1 aromatic heterocycles. The van der Waals surface area contributed by atoms with Gasteiger partial charge in [-0.25, -0.2) is 4.98 Å². The Morgan fingerprint density at radius 2 is 2.29 bits per heavy atom. The first-order chi connectivity index (χ1) is 8.15. The van der Waals surface area contributed by atoms with Crippen LogP contribution in [0.4, 0.5) is 0 Å². The Morgan fingerprint density at radius 1 is 1.53 bits per heavy atom. The van der Waals surface area contributed by atoms with Gasteiger partial charge in [0, 0.05) is 5.56 Å². The standard InChI is InChI=1S/C11H9BrClNO2S/c1-16-8-3-2-6(4-7(8)12)10-9(5-15)17-11(13)14-10/h2-4,15H,5H2,1H3. The molecule has 17 heavy (non-hydrogen) atoms. The molecule has 0 unspecified atom stereocenters. The fourth-order valence-corrected chi connectivity index (χ4v) is 3.04. The molecule has 0 aliphatic carbocycles. The van der Waals surface area contributed by atoms with Crippen LogP contribution in [-0.2, 0) is 6.61 Å². The van der Waals surface area contributed by atoms with Gasteiger partial charge in [-0.1, -0.05) is 11.6 Å². The largest absolute Gasteiger partial charge is 0.496 e. The van der Waals surface area contributed by atoms with Crippen molar-refractivity contribution < 1.29 is 9.84 Å². The Morgan fingerprint density at radius 3 is 2.88 bits per heavy atom. The number of nitrogens with zero attached hydrogens (tertiary/aromatic N) is 1. The number of hydrogen-bond donors (Lipinski definition) is 1. The number of aromatic nitrogens is 1. The van der Waals surface area contributed by atoms with Gasteiger partial charge in [-0.05, 0) is 34.1 Å². The molecule has 0 bridgehead atoms. The van der Waals surface area contributed by atoms with Crippen LogP contribution in [0.1, 0.15) is 4.88 Å². The Hall–Kier alpha value is -0.620. The lowest BCUT2D eigenvalue weighted by Gasteiger charge is -2.05. The molecule has 0 aliphatic heterocycles. The normalized spacial score (nSPS) is 10.6. The number of halogens is 2. The van der Waals surface area contributed by atoms with Crippen molar-refractivity contribution in [3.8, 4) is 17.0 Å². The highest BCUT2D eigenvalue weighted by Crippen LogP contribution is 2.34. The second-order valence-electron chi connectivity index (χ2n) is 3.25. The number of methoxy groups -OCH3 is 1. The lowest BCUT2D eigenvalue weighted by molar-refractivity contribution is 0.286. The summed E-state index contributed by atoms with van der Waals surface area (Å²) in [5, 5.41) is 9.24. The van der Waals surface area contributed by atoms with Gasteiger partial charge in [-0.15, -0.1) is 11.3 Å². The number of benzene rings is 1. The third-order valence-electron chi connectivity index (χ3n) is 2.24. The van der Waals surface area contributed by atoms with E-state index in [9.17, 15) is 5.11 Å². The van der Waals surface area contributed by atoms with E-state index in [1.54, 1.807) is 7.11 Å². The summed E-state index contributed by atoms with van der Waals surface area (Å²) in [5.74, 6) is 0.751. The van der Waals surface area contributed by atoms with Crippen molar-refractivity contribution in [2.24, 2.45) is 0 Å². The number of rotatable bonds is 3. The first kappa shape index (κ1) is 12.8. The molecule has 0 spiro atoms. The molecule has 0 aliphatic rings. The average molecular weight is 335 g/mol. The van der Waals surface area contributed by atoms with E-state index >= 15 is 0 Å². The first-order valence-electron chi connectivity index (χ1n) is 4.75. The van der Waals surface area contributed by atoms with Crippen molar-refractivity contribution in [3.63, 3.8) is 0 Å². The number of ether oxygens (including phenoxy) is 1. The summed E-state index contributed by atoms with van der Waals surface area (Å²) in [7, 11) is 1.61. The van der Waals surface area contributed by atoms with Crippen molar-refractivity contribution in [2.75, 3.05) is 7.11 Å². The summed E-state index contributed by atoms with van der Waals surface area (Å²) in [6, 6.07) is 5.62. The Kier molecular flexibility index (Phi) is 4.04. The minimum atomic E-state index is -0.0661. The van der Waals surface area contributed by atoms with Crippen LogP contribution in [0, 0.1) is 0 Å². The van der Waals surface area contributed by atoms with Gasteiger partial charge >= 0.3 is 0 Å². The van der Waals surface area contributed by atoms with Crippen LogP contribution in [-0.4, -0.2) is 17.2 Å². The molecule has 90 valence electrons. The van der Waals surface area contributed by atoms with E-state index in [1.807, 2.05) is 18.2 Å². The number of aliphatic hydroxyl groups is 1. The van der Waals surface area contributed by atoms with Gasteiger partial charge in [0.2, 0.25) is 0 Å². The molecular weight excluding hydrogens is 326 g/mol. The minimum Gasteiger partial charge on any atom is -0.496 e. The summed E-state index contributed by atoms with van der Waals surface area (Å²) < 4.78 is 6.42. The van der Waals surface area contributed by atoms with Crippen molar-refractivity contribution in [2.45, 2.75) is 6.61 Å². The monoisotopic (exact) mass is 333 g/mol. The molecule has 1 N–H and O–H groups in total. The van der Waals surface area contributed by atoms with E-state index in [0.717, 1.165) is 20.7 Å². The molecule has 0 saturated carbocycles. The SMILES string of the molecule is COc1ccc(-c2nc(Cl)sc2CO)cc1Br. The third kappa shape index (κ3) is 2.63. The van der Waals surface area contributed by atoms with E-state index in [1.165, 1.54) is 11.3 Å². The molecular formula is C11H9BrClNO2S. The molecule has 0 radical (unpaired) electrons. The molecule has 6 heteroatoms. The third-order valence-corrected chi connectivity index (χ3v) is 4.00. The zero-order chi connectivity index (χ0) is 12.4. The number of aliphatic hydroxyl groups excluding tert-OH is 1. The summed E-state index contributed by atoms with van der Waals surface area (Å²) in [6.45, 7) is -0.0661. The summed E-state index contributed by atoms with van der Waals surface area (Å²) in [5.41, 5.74) is 1.61. The Labute approximate surface area is 116 Å². The van der Waals surface area contributed by atoms with Crippen LogP contribution in [0.25, 0.3) is 11.3 Å². The fraction of sp³-hybridized carbons (Fsp3) is 0.182. The zero-order valence-electron chi connectivity index (χ0n) is 8.91. The molecule has 2 aromatic rings. The Bertz CT molecular complexity index is 544. The maximum atomic E-state index is 9.24. The van der Waals surface area contributed by atoms with E-state index < -0.39 is 0 Å². The van der Waals surface area contributed by atoms with Crippen LogP contribution < -0.4 is 4.74 Å². The van der Waals surface area contributed by atoms with Crippen molar-refractivity contribution >= 4 is 38.9 Å². The second kappa shape index (κ2) is 5.35. The van der Waals surface area contributed by atoms with Gasteiger partial charge in [0.1, 0.15) is 5.75 Å². The second-order valence-corrected chi connectivity index (χ2v) is 5.77. The first-order valence-corrected chi connectivity index (χ1v) is 6.74. The smallest absolute Gasteiger partial charge is 0.184 e.